The van der Waals surface area contributed by atoms with Crippen molar-refractivity contribution in [2.24, 2.45) is 5.92 Å². The van der Waals surface area contributed by atoms with E-state index >= 15 is 0 Å². The van der Waals surface area contributed by atoms with Crippen molar-refractivity contribution in [1.82, 2.24) is 9.62 Å². The molecule has 0 radical (unpaired) electrons. The zero-order valence-electron chi connectivity index (χ0n) is 15.9. The van der Waals surface area contributed by atoms with Crippen molar-refractivity contribution < 1.29 is 22.0 Å². The number of nitrogens with zero attached hydrogens (tertiary/aromatic N) is 1. The smallest absolute Gasteiger partial charge is 0.226 e. The molecule has 1 amide bonds. The van der Waals surface area contributed by atoms with E-state index in [-0.39, 0.29) is 34.9 Å². The molecule has 8 heteroatoms. The molecule has 29 heavy (non-hydrogen) atoms. The predicted octanol–water partition coefficient (Wildman–Crippen LogP) is 2.89. The second-order valence-corrected chi connectivity index (χ2v) is 9.57. The Hall–Kier alpha value is -2.32. The van der Waals surface area contributed by atoms with Crippen molar-refractivity contribution >= 4 is 15.9 Å². The monoisotopic (exact) mass is 420 g/mol. The van der Waals surface area contributed by atoms with Crippen molar-refractivity contribution in [2.45, 2.75) is 24.8 Å². The molecule has 1 N–H and O–H groups in total. The Bertz CT molecular complexity index is 1060. The number of hydrogen-bond donors (Lipinski definition) is 1. The lowest BCUT2D eigenvalue weighted by Crippen LogP contribution is -2.38. The summed E-state index contributed by atoms with van der Waals surface area (Å²) in [6, 6.07) is 10.4. The van der Waals surface area contributed by atoms with Crippen LogP contribution < -0.4 is 4.72 Å². The highest BCUT2D eigenvalue weighted by Crippen LogP contribution is 2.52. The fraction of sp³-hybridized carbons (Fsp3) is 0.381. The number of sulfonamides is 1. The minimum Gasteiger partial charge on any atom is -0.341 e. The van der Waals surface area contributed by atoms with Crippen LogP contribution in [0.3, 0.4) is 0 Å². The summed E-state index contributed by atoms with van der Waals surface area (Å²) < 4.78 is 54.2. The summed E-state index contributed by atoms with van der Waals surface area (Å²) in [5.74, 6) is -1.54. The Labute approximate surface area is 168 Å². The van der Waals surface area contributed by atoms with Gasteiger partial charge in [-0.2, -0.15) is 0 Å². The fourth-order valence-corrected chi connectivity index (χ4v) is 5.00. The van der Waals surface area contributed by atoms with Crippen molar-refractivity contribution in [3.8, 4) is 11.1 Å². The van der Waals surface area contributed by atoms with Crippen molar-refractivity contribution in [3.05, 3.63) is 59.7 Å². The van der Waals surface area contributed by atoms with Crippen LogP contribution in [0, 0.1) is 17.6 Å². The van der Waals surface area contributed by atoms with Crippen molar-refractivity contribution in [3.63, 3.8) is 0 Å². The van der Waals surface area contributed by atoms with Gasteiger partial charge in [0.2, 0.25) is 15.9 Å². The maximum Gasteiger partial charge on any atom is 0.226 e. The molecular formula is C21H22F2N2O3S. The molecule has 154 valence electrons. The molecular weight excluding hydrogens is 398 g/mol. The molecule has 2 fully saturated rings. The second kappa shape index (κ2) is 7.50. The number of nitrogens with one attached hydrogen (secondary N) is 1. The van der Waals surface area contributed by atoms with Gasteiger partial charge in [-0.25, -0.2) is 21.9 Å². The lowest BCUT2D eigenvalue weighted by molar-refractivity contribution is -0.131. The average molecular weight is 420 g/mol. The first kappa shape index (κ1) is 20.0. The van der Waals surface area contributed by atoms with E-state index in [1.807, 2.05) is 0 Å². The third-order valence-corrected chi connectivity index (χ3v) is 6.34. The third-order valence-electron chi connectivity index (χ3n) is 5.58. The van der Waals surface area contributed by atoms with Crippen LogP contribution in [-0.4, -0.2) is 44.6 Å². The summed E-state index contributed by atoms with van der Waals surface area (Å²) in [6.45, 7) is 0.816. The van der Waals surface area contributed by atoms with E-state index in [2.05, 4.69) is 4.72 Å². The molecule has 0 unspecified atom stereocenters. The van der Waals surface area contributed by atoms with E-state index in [1.54, 1.807) is 35.2 Å². The van der Waals surface area contributed by atoms with Gasteiger partial charge in [-0.1, -0.05) is 30.3 Å². The number of likely N-dealkylation sites (tertiary alicyclic amines) is 1. The first-order valence-electron chi connectivity index (χ1n) is 9.54. The normalized spacial score (nSPS) is 24.0. The molecule has 3 atom stereocenters. The molecule has 1 saturated heterocycles. The molecule has 1 aliphatic heterocycles. The number of halogens is 2. The molecule has 2 aromatic rings. The molecule has 1 saturated carbocycles. The quantitative estimate of drug-likeness (QED) is 0.809. The van der Waals surface area contributed by atoms with Crippen LogP contribution in [0.2, 0.25) is 0 Å². The molecule has 4 rings (SSSR count). The van der Waals surface area contributed by atoms with Gasteiger partial charge in [0.15, 0.2) is 0 Å². The van der Waals surface area contributed by atoms with Crippen LogP contribution >= 0.6 is 0 Å². The van der Waals surface area contributed by atoms with Gasteiger partial charge in [0, 0.05) is 36.2 Å². The maximum atomic E-state index is 14.6. The lowest BCUT2D eigenvalue weighted by Gasteiger charge is -2.17. The second-order valence-electron chi connectivity index (χ2n) is 7.79. The minimum atomic E-state index is -3.33. The first-order valence-corrected chi connectivity index (χ1v) is 11.4. The standard InChI is InChI=1S/C21H22F2N2O3S/c1-29(27,28)24-13-9-10-25(12-13)21(26)17-11-16(17)14-6-4-8-19(23)20(14)15-5-2-3-7-18(15)22/h2-8,13,16-17,24H,9-12H2,1H3/t13-,16+,17-/m1/s1. The molecule has 1 heterocycles. The van der Waals surface area contributed by atoms with E-state index in [4.69, 9.17) is 0 Å². The zero-order valence-corrected chi connectivity index (χ0v) is 16.8. The first-order chi connectivity index (χ1) is 13.7. The van der Waals surface area contributed by atoms with Crippen molar-refractivity contribution in [2.75, 3.05) is 19.3 Å². The van der Waals surface area contributed by atoms with Gasteiger partial charge in [0.25, 0.3) is 0 Å². The van der Waals surface area contributed by atoms with Gasteiger partial charge < -0.3 is 4.90 Å². The highest BCUT2D eigenvalue weighted by molar-refractivity contribution is 7.88. The molecule has 5 nitrogen and oxygen atoms in total. The Balaban J connectivity index is 1.52. The van der Waals surface area contributed by atoms with Crippen LogP contribution in [0.25, 0.3) is 11.1 Å². The number of carbonyl (C=O) groups excluding carboxylic acids is 1. The van der Waals surface area contributed by atoms with Crippen LogP contribution in [0.5, 0.6) is 0 Å². The fourth-order valence-electron chi connectivity index (χ4n) is 4.20. The molecule has 2 aromatic carbocycles. The Morgan fingerprint density at radius 3 is 2.55 bits per heavy atom. The number of hydrogen-bond acceptors (Lipinski definition) is 3. The SMILES string of the molecule is CS(=O)(=O)N[C@@H]1CCN(C(=O)[C@@H]2C[C@H]2c2cccc(F)c2-c2ccccc2F)C1. The number of rotatable bonds is 5. The Kier molecular flexibility index (Phi) is 5.16. The van der Waals surface area contributed by atoms with Crippen LogP contribution in [0.1, 0.15) is 24.3 Å². The van der Waals surface area contributed by atoms with Crippen LogP contribution in [-0.2, 0) is 14.8 Å². The number of amides is 1. The van der Waals surface area contributed by atoms with Crippen molar-refractivity contribution in [1.29, 1.82) is 0 Å². The van der Waals surface area contributed by atoms with E-state index in [0.717, 1.165) is 6.26 Å². The van der Waals surface area contributed by atoms with Crippen LogP contribution in [0.15, 0.2) is 42.5 Å². The molecule has 1 aliphatic carbocycles. The molecule has 0 bridgehead atoms. The van der Waals surface area contributed by atoms with Gasteiger partial charge in [-0.3, -0.25) is 4.79 Å². The van der Waals surface area contributed by atoms with Crippen LogP contribution in [0.4, 0.5) is 8.78 Å². The highest BCUT2D eigenvalue weighted by atomic mass is 32.2. The molecule has 2 aliphatic rings. The average Bonchev–Trinajstić information content (AvgIpc) is 3.32. The van der Waals surface area contributed by atoms with E-state index in [1.165, 1.54) is 12.1 Å². The largest absolute Gasteiger partial charge is 0.341 e. The Morgan fingerprint density at radius 2 is 1.83 bits per heavy atom. The summed E-state index contributed by atoms with van der Waals surface area (Å²) in [7, 11) is -3.33. The van der Waals surface area contributed by atoms with Gasteiger partial charge in [-0.15, -0.1) is 0 Å². The van der Waals surface area contributed by atoms with Gasteiger partial charge in [0.05, 0.1) is 6.26 Å². The summed E-state index contributed by atoms with van der Waals surface area (Å²) in [5.41, 5.74) is 1.04. The minimum absolute atomic E-state index is 0.0588. The Morgan fingerprint density at radius 1 is 1.10 bits per heavy atom. The summed E-state index contributed by atoms with van der Waals surface area (Å²) in [4.78, 5) is 14.5. The summed E-state index contributed by atoms with van der Waals surface area (Å²) >= 11 is 0. The summed E-state index contributed by atoms with van der Waals surface area (Å²) in [5, 5.41) is 0. The number of benzene rings is 2. The van der Waals surface area contributed by atoms with E-state index in [0.29, 0.717) is 31.5 Å². The van der Waals surface area contributed by atoms with Gasteiger partial charge in [-0.05, 0) is 36.5 Å². The third kappa shape index (κ3) is 4.18. The zero-order chi connectivity index (χ0) is 20.8. The van der Waals surface area contributed by atoms with E-state index in [9.17, 15) is 22.0 Å². The van der Waals surface area contributed by atoms with Gasteiger partial charge in [0.1, 0.15) is 11.6 Å². The molecule has 0 spiro atoms. The predicted molar refractivity (Wildman–Crippen MR) is 106 cm³/mol. The summed E-state index contributed by atoms with van der Waals surface area (Å²) in [6.07, 6.45) is 2.24. The topological polar surface area (TPSA) is 66.5 Å². The van der Waals surface area contributed by atoms with E-state index < -0.39 is 21.7 Å². The maximum absolute atomic E-state index is 14.6. The lowest BCUT2D eigenvalue weighted by atomic mass is 9.95. The number of carbonyl (C=O) groups is 1. The van der Waals surface area contributed by atoms with Gasteiger partial charge >= 0.3 is 0 Å². The molecule has 0 aromatic heterocycles. The highest BCUT2D eigenvalue weighted by Gasteiger charge is 2.48.